The average molecular weight is 1340 g/mol. The van der Waals surface area contributed by atoms with Crippen molar-refractivity contribution in [1.29, 1.82) is 5.26 Å². The van der Waals surface area contributed by atoms with Crippen LogP contribution in [0.2, 0.25) is 0 Å². The minimum atomic E-state index is 0.310. The van der Waals surface area contributed by atoms with Crippen LogP contribution in [0.5, 0.6) is 0 Å². The van der Waals surface area contributed by atoms with Gasteiger partial charge in [0.15, 0.2) is 0 Å². The van der Waals surface area contributed by atoms with Gasteiger partial charge in [0, 0.05) is 43.1 Å². The van der Waals surface area contributed by atoms with Gasteiger partial charge in [-0.05, 0) is 182 Å². The maximum atomic E-state index is 13.3. The standard InChI is InChI=1S/C99H62N6/c1-63-38-46-87-78(54-63)79-55-71(64-24-10-3-11-25-64)39-47-88(79)102(87)96-86(62-100)97(103-89-48-40-72(65-26-12-4-13-27-65)56-80(89)81-57-73(41-49-90(81)103)66-28-14-5-15-29-66)99(105-93-52-44-76(69-34-20-8-21-35-69)60-84(93)85-61-77(45-53-94(85)105)70-36-22-9-23-37-70)98(95(96)101-2)104-91-50-42-74(67-30-16-6-17-31-67)58-82(91)83-59-75(43-51-92(83)104)68-32-18-7-19-33-68/h3-61H,1H3. The molecule has 105 heavy (non-hydrogen) atoms. The second kappa shape index (κ2) is 24.5. The van der Waals surface area contributed by atoms with Gasteiger partial charge in [-0.2, -0.15) is 5.26 Å². The predicted octanol–water partition coefficient (Wildman–Crippen LogP) is 26.5. The van der Waals surface area contributed by atoms with Crippen molar-refractivity contribution in [3.63, 3.8) is 0 Å². The molecule has 0 spiro atoms. The Bertz CT molecular complexity index is 6460. The van der Waals surface area contributed by atoms with E-state index in [9.17, 15) is 11.8 Å². The van der Waals surface area contributed by atoms with Crippen molar-refractivity contribution in [1.82, 2.24) is 18.3 Å². The molecule has 0 amide bonds. The second-order valence-corrected chi connectivity index (χ2v) is 27.4. The lowest BCUT2D eigenvalue weighted by Gasteiger charge is -2.27. The van der Waals surface area contributed by atoms with Crippen molar-refractivity contribution >= 4 is 92.9 Å². The molecule has 6 heteroatoms. The van der Waals surface area contributed by atoms with Gasteiger partial charge in [0.1, 0.15) is 6.07 Å². The maximum Gasteiger partial charge on any atom is 0.237 e. The highest BCUT2D eigenvalue weighted by Gasteiger charge is 2.35. The number of rotatable bonds is 11. The monoisotopic (exact) mass is 1330 g/mol. The molecule has 0 aliphatic rings. The fourth-order valence-corrected chi connectivity index (χ4v) is 16.6. The lowest BCUT2D eigenvalue weighted by molar-refractivity contribution is 1.03. The first-order chi connectivity index (χ1) is 51.9. The van der Waals surface area contributed by atoms with Crippen molar-refractivity contribution in [3.05, 3.63) is 380 Å². The SMILES string of the molecule is [C-]#[N+]c1c(-n2c3ccc(C)cc3c3cc(-c4ccccc4)ccc32)c(C#N)c(-n2c3ccc(-c4ccccc4)cc3c3cc(-c4ccccc4)ccc32)c(-n2c3ccc(-c4ccccc4)cc3c3cc(-c4ccccc4)ccc32)c1-n1c2ccc(-c3ccccc3)cc2c2cc(-c3ccccc3)ccc21. The van der Waals surface area contributed by atoms with Crippen molar-refractivity contribution in [2.24, 2.45) is 0 Å². The molecule has 0 saturated carbocycles. The Balaban J connectivity index is 1.04. The minimum Gasteiger partial charge on any atom is -0.318 e. The Labute approximate surface area is 606 Å². The van der Waals surface area contributed by atoms with E-state index in [1.54, 1.807) is 0 Å². The molecule has 0 fully saturated rings. The van der Waals surface area contributed by atoms with E-state index in [0.29, 0.717) is 34.0 Å². The maximum absolute atomic E-state index is 13.3. The molecule has 6 nitrogen and oxygen atoms in total. The molecular formula is C99H62N6. The van der Waals surface area contributed by atoms with Gasteiger partial charge in [0.05, 0.1) is 79.0 Å². The first kappa shape index (κ1) is 60.6. The summed E-state index contributed by atoms with van der Waals surface area (Å²) in [5.41, 5.74) is 26.3. The van der Waals surface area contributed by atoms with Crippen LogP contribution in [-0.2, 0) is 0 Å². The van der Waals surface area contributed by atoms with Gasteiger partial charge in [-0.3, -0.25) is 0 Å². The van der Waals surface area contributed by atoms with Crippen molar-refractivity contribution < 1.29 is 0 Å². The highest BCUT2D eigenvalue weighted by Crippen LogP contribution is 2.54. The summed E-state index contributed by atoms with van der Waals surface area (Å²) < 4.78 is 9.40. The number of aromatic nitrogens is 4. The lowest BCUT2D eigenvalue weighted by atomic mass is 10.0. The summed E-state index contributed by atoms with van der Waals surface area (Å²) in [7, 11) is 0. The highest BCUT2D eigenvalue weighted by atomic mass is 15.1. The molecule has 4 heterocycles. The van der Waals surface area contributed by atoms with Crippen LogP contribution in [-0.4, -0.2) is 18.3 Å². The Hall–Kier alpha value is -14.3. The highest BCUT2D eigenvalue weighted by molar-refractivity contribution is 6.19. The normalized spacial score (nSPS) is 11.6. The summed E-state index contributed by atoms with van der Waals surface area (Å²) in [6, 6.07) is 131. The summed E-state index contributed by atoms with van der Waals surface area (Å²) in [5.74, 6) is 0. The van der Waals surface area contributed by atoms with Crippen LogP contribution in [0.4, 0.5) is 5.69 Å². The second-order valence-electron chi connectivity index (χ2n) is 27.4. The minimum absolute atomic E-state index is 0.310. The molecule has 20 rings (SSSR count). The summed E-state index contributed by atoms with van der Waals surface area (Å²) in [4.78, 5) is 5.04. The number of benzene rings is 16. The van der Waals surface area contributed by atoms with Crippen LogP contribution >= 0.6 is 0 Å². The fourth-order valence-electron chi connectivity index (χ4n) is 16.6. The smallest absolute Gasteiger partial charge is 0.237 e. The van der Waals surface area contributed by atoms with E-state index >= 15 is 0 Å². The molecule has 0 bridgehead atoms. The number of fused-ring (bicyclic) bond motifs is 12. The van der Waals surface area contributed by atoms with Crippen molar-refractivity contribution in [2.45, 2.75) is 6.92 Å². The van der Waals surface area contributed by atoms with E-state index in [1.165, 1.54) is 0 Å². The predicted molar refractivity (Wildman–Crippen MR) is 438 cm³/mol. The number of hydrogen-bond acceptors (Lipinski definition) is 1. The van der Waals surface area contributed by atoms with Gasteiger partial charge in [-0.25, -0.2) is 4.85 Å². The average Bonchev–Trinajstić information content (AvgIpc) is 1.57. The van der Waals surface area contributed by atoms with E-state index in [-0.39, 0.29) is 0 Å². The summed E-state index contributed by atoms with van der Waals surface area (Å²) in [6.07, 6.45) is 0. The Kier molecular flexibility index (Phi) is 14.2. The Morgan fingerprint density at radius 2 is 0.438 bits per heavy atom. The molecule has 0 aliphatic heterocycles. The molecule has 0 saturated heterocycles. The molecule has 0 radical (unpaired) electrons. The van der Waals surface area contributed by atoms with Gasteiger partial charge in [-0.15, -0.1) is 0 Å². The molecule has 0 aliphatic carbocycles. The Morgan fingerprint density at radius 3 is 0.676 bits per heavy atom. The van der Waals surface area contributed by atoms with Crippen LogP contribution in [0.3, 0.4) is 0 Å². The van der Waals surface area contributed by atoms with Crippen LogP contribution in [0.25, 0.3) is 193 Å². The lowest BCUT2D eigenvalue weighted by Crippen LogP contribution is -2.14. The fraction of sp³-hybridized carbons (Fsp3) is 0.0101. The Morgan fingerprint density at radius 1 is 0.229 bits per heavy atom. The summed E-state index contributed by atoms with van der Waals surface area (Å²) in [5, 5.41) is 21.5. The molecule has 488 valence electrons. The summed E-state index contributed by atoms with van der Waals surface area (Å²) in [6.45, 7) is 12.5. The number of nitrogens with zero attached hydrogens (tertiary/aromatic N) is 6. The zero-order valence-corrected chi connectivity index (χ0v) is 57.2. The molecule has 0 unspecified atom stereocenters. The van der Waals surface area contributed by atoms with Crippen molar-refractivity contribution in [2.75, 3.05) is 0 Å². The number of nitriles is 1. The third-order valence-corrected chi connectivity index (χ3v) is 21.5. The third kappa shape index (κ3) is 9.77. The molecule has 20 aromatic rings. The molecule has 0 N–H and O–H groups in total. The van der Waals surface area contributed by atoms with Gasteiger partial charge in [0.2, 0.25) is 5.69 Å². The number of hydrogen-bond donors (Lipinski definition) is 0. The van der Waals surface area contributed by atoms with Gasteiger partial charge in [-0.1, -0.05) is 266 Å². The van der Waals surface area contributed by atoms with E-state index in [1.807, 2.05) is 0 Å². The van der Waals surface area contributed by atoms with Crippen LogP contribution in [0, 0.1) is 24.8 Å². The molecule has 16 aromatic carbocycles. The largest absolute Gasteiger partial charge is 0.318 e. The quantitative estimate of drug-likeness (QED) is 0.119. The molecule has 4 aromatic heterocycles. The van der Waals surface area contributed by atoms with E-state index in [0.717, 1.165) is 171 Å². The first-order valence-electron chi connectivity index (χ1n) is 35.6. The van der Waals surface area contributed by atoms with E-state index in [4.69, 9.17) is 4.85 Å². The van der Waals surface area contributed by atoms with Crippen molar-refractivity contribution in [3.8, 4) is 107 Å². The zero-order valence-electron chi connectivity index (χ0n) is 57.2. The van der Waals surface area contributed by atoms with E-state index < -0.39 is 0 Å². The van der Waals surface area contributed by atoms with Gasteiger partial charge >= 0.3 is 0 Å². The third-order valence-electron chi connectivity index (χ3n) is 21.5. The zero-order chi connectivity index (χ0) is 69.8. The van der Waals surface area contributed by atoms with Crippen LogP contribution < -0.4 is 0 Å². The molecule has 0 atom stereocenters. The first-order valence-corrected chi connectivity index (χ1v) is 35.6. The van der Waals surface area contributed by atoms with Crippen LogP contribution in [0.1, 0.15) is 11.1 Å². The van der Waals surface area contributed by atoms with Crippen LogP contribution in [0.15, 0.2) is 358 Å². The molecular weight excluding hydrogens is 1270 g/mol. The van der Waals surface area contributed by atoms with Gasteiger partial charge < -0.3 is 18.3 Å². The van der Waals surface area contributed by atoms with E-state index in [2.05, 4.69) is 389 Å². The number of aryl methyl sites for hydroxylation is 1. The summed E-state index contributed by atoms with van der Waals surface area (Å²) >= 11 is 0. The van der Waals surface area contributed by atoms with Gasteiger partial charge in [0.25, 0.3) is 0 Å². The topological polar surface area (TPSA) is 47.9 Å².